The molecule has 0 amide bonds. The zero-order chi connectivity index (χ0) is 18.5. The quantitative estimate of drug-likeness (QED) is 0.566. The van der Waals surface area contributed by atoms with Crippen LogP contribution in [0.25, 0.3) is 5.57 Å². The number of benzene rings is 1. The van der Waals surface area contributed by atoms with Crippen LogP contribution in [0.15, 0.2) is 30.8 Å². The molecule has 1 spiro atoms. The smallest absolute Gasteiger partial charge is 0.201 e. The minimum Gasteiger partial charge on any atom is -0.344 e. The van der Waals surface area contributed by atoms with Crippen molar-refractivity contribution < 1.29 is 14.5 Å². The molecule has 0 bridgehead atoms. The van der Waals surface area contributed by atoms with Crippen molar-refractivity contribution >= 4 is 5.57 Å². The van der Waals surface area contributed by atoms with Gasteiger partial charge in [-0.1, -0.05) is 69.4 Å². The summed E-state index contributed by atoms with van der Waals surface area (Å²) < 4.78 is 6.10. The molecule has 1 aromatic rings. The molecular weight excluding hydrogens is 336 g/mol. The Morgan fingerprint density at radius 1 is 0.852 bits per heavy atom. The van der Waals surface area contributed by atoms with Gasteiger partial charge < -0.3 is 4.74 Å². The maximum atomic E-state index is 6.10. The molecule has 3 nitrogen and oxygen atoms in total. The Kier molecular flexibility index (Phi) is 6.31. The largest absolute Gasteiger partial charge is 0.344 e. The van der Waals surface area contributed by atoms with Crippen molar-refractivity contribution in [2.24, 2.45) is 0 Å². The predicted molar refractivity (Wildman–Crippen MR) is 108 cm³/mol. The second-order valence-electron chi connectivity index (χ2n) is 8.64. The topological polar surface area (TPSA) is 27.7 Å². The van der Waals surface area contributed by atoms with Crippen LogP contribution in [0.5, 0.6) is 0 Å². The van der Waals surface area contributed by atoms with E-state index in [0.717, 1.165) is 42.7 Å². The van der Waals surface area contributed by atoms with Crippen molar-refractivity contribution in [3.05, 3.63) is 42.0 Å². The van der Waals surface area contributed by atoms with Gasteiger partial charge in [-0.05, 0) is 48.3 Å². The van der Waals surface area contributed by atoms with Crippen LogP contribution in [-0.2, 0) is 14.5 Å². The number of hydrogen-bond donors (Lipinski definition) is 0. The molecule has 3 fully saturated rings. The Bertz CT molecular complexity index is 597. The summed E-state index contributed by atoms with van der Waals surface area (Å²) in [4.78, 5) is 11.5. The van der Waals surface area contributed by atoms with Crippen LogP contribution in [0.4, 0.5) is 0 Å². The number of ether oxygens (including phenoxy) is 1. The van der Waals surface area contributed by atoms with Crippen LogP contribution in [0, 0.1) is 0 Å². The Balaban J connectivity index is 1.35. The van der Waals surface area contributed by atoms with E-state index >= 15 is 0 Å². The van der Waals surface area contributed by atoms with Gasteiger partial charge >= 0.3 is 0 Å². The fourth-order valence-electron chi connectivity index (χ4n) is 4.85. The van der Waals surface area contributed by atoms with Crippen LogP contribution in [-0.4, -0.2) is 18.5 Å². The van der Waals surface area contributed by atoms with Crippen LogP contribution in [0.1, 0.15) is 94.1 Å². The third-order valence-electron chi connectivity index (χ3n) is 6.68. The lowest BCUT2D eigenvalue weighted by molar-refractivity contribution is -0.483. The summed E-state index contributed by atoms with van der Waals surface area (Å²) in [5.74, 6) is 0.216. The predicted octanol–water partition coefficient (Wildman–Crippen LogP) is 6.54. The first-order valence-corrected chi connectivity index (χ1v) is 11.0. The summed E-state index contributed by atoms with van der Waals surface area (Å²) in [6.45, 7) is 4.80. The van der Waals surface area contributed by atoms with E-state index in [9.17, 15) is 0 Å². The van der Waals surface area contributed by atoms with E-state index in [-0.39, 0.29) is 6.10 Å². The van der Waals surface area contributed by atoms with Crippen LogP contribution in [0.3, 0.4) is 0 Å². The van der Waals surface area contributed by atoms with Gasteiger partial charge in [-0.3, -0.25) is 0 Å². The summed E-state index contributed by atoms with van der Waals surface area (Å²) in [6, 6.07) is 8.98. The summed E-state index contributed by atoms with van der Waals surface area (Å²) in [6.07, 6.45) is 14.8. The summed E-state index contributed by atoms with van der Waals surface area (Å²) in [5, 5.41) is 0. The second-order valence-corrected chi connectivity index (χ2v) is 8.64. The maximum Gasteiger partial charge on any atom is 0.201 e. The highest BCUT2D eigenvalue weighted by Gasteiger charge is 2.41. The van der Waals surface area contributed by atoms with Gasteiger partial charge in [0.05, 0.1) is 6.61 Å². The zero-order valence-electron chi connectivity index (χ0n) is 16.6. The highest BCUT2D eigenvalue weighted by molar-refractivity contribution is 5.67. The summed E-state index contributed by atoms with van der Waals surface area (Å²) in [7, 11) is 0. The van der Waals surface area contributed by atoms with Gasteiger partial charge in [0.25, 0.3) is 0 Å². The molecule has 0 radical (unpaired) electrons. The normalized spacial score (nSPS) is 27.0. The van der Waals surface area contributed by atoms with E-state index in [4.69, 9.17) is 14.5 Å². The van der Waals surface area contributed by atoms with Gasteiger partial charge in [-0.25, -0.2) is 9.78 Å². The molecule has 3 heteroatoms. The van der Waals surface area contributed by atoms with E-state index in [2.05, 4.69) is 30.8 Å². The third kappa shape index (κ3) is 4.64. The van der Waals surface area contributed by atoms with Crippen LogP contribution < -0.4 is 0 Å². The molecule has 1 saturated heterocycles. The first kappa shape index (κ1) is 19.2. The summed E-state index contributed by atoms with van der Waals surface area (Å²) in [5.41, 5.74) is 3.55. The van der Waals surface area contributed by atoms with E-state index in [1.807, 2.05) is 0 Å². The molecule has 0 aromatic heterocycles. The van der Waals surface area contributed by atoms with Gasteiger partial charge in [0.2, 0.25) is 5.79 Å². The van der Waals surface area contributed by atoms with Gasteiger partial charge in [0.1, 0.15) is 6.10 Å². The fraction of sp³-hybridized carbons (Fsp3) is 0.667. The average Bonchev–Trinajstić information content (AvgIpc) is 2.69. The minimum atomic E-state index is -0.503. The molecule has 2 aliphatic carbocycles. The molecule has 3 aliphatic rings. The lowest BCUT2D eigenvalue weighted by Gasteiger charge is -2.41. The van der Waals surface area contributed by atoms with Gasteiger partial charge in [-0.15, -0.1) is 0 Å². The zero-order valence-corrected chi connectivity index (χ0v) is 16.6. The monoisotopic (exact) mass is 370 g/mol. The van der Waals surface area contributed by atoms with Crippen molar-refractivity contribution in [2.45, 2.75) is 94.9 Å². The molecule has 1 heterocycles. The minimum absolute atomic E-state index is 0.218. The van der Waals surface area contributed by atoms with Gasteiger partial charge in [0, 0.05) is 12.8 Å². The Morgan fingerprint density at radius 2 is 1.48 bits per heavy atom. The molecule has 27 heavy (non-hydrogen) atoms. The van der Waals surface area contributed by atoms with E-state index in [0.29, 0.717) is 6.61 Å². The standard InChI is InChI=1S/C24H34O3/c1-19(23-18-25-24(27-26-23)16-8-5-9-17-24)20-12-14-22(15-13-20)21-10-6-3-2-4-7-11-21/h12-15,21,23H,1-11,16-18H2. The SMILES string of the molecule is C=C(c1ccc(C2CCCCCCC2)cc1)C1COC2(CCCCC2)OO1. The summed E-state index contributed by atoms with van der Waals surface area (Å²) >= 11 is 0. The molecular formula is C24H34O3. The van der Waals surface area contributed by atoms with Crippen molar-refractivity contribution in [3.8, 4) is 0 Å². The Morgan fingerprint density at radius 3 is 2.11 bits per heavy atom. The highest BCUT2D eigenvalue weighted by atomic mass is 17.2. The van der Waals surface area contributed by atoms with Crippen molar-refractivity contribution in [3.63, 3.8) is 0 Å². The molecule has 2 saturated carbocycles. The number of hydrogen-bond acceptors (Lipinski definition) is 3. The lowest BCUT2D eigenvalue weighted by atomic mass is 9.85. The van der Waals surface area contributed by atoms with Crippen molar-refractivity contribution in [1.82, 2.24) is 0 Å². The van der Waals surface area contributed by atoms with E-state index in [1.165, 1.54) is 56.9 Å². The van der Waals surface area contributed by atoms with Gasteiger partial charge in [-0.2, -0.15) is 0 Å². The highest BCUT2D eigenvalue weighted by Crippen LogP contribution is 2.38. The molecule has 1 atom stereocenters. The lowest BCUT2D eigenvalue weighted by Crippen LogP contribution is -2.46. The molecule has 0 N–H and O–H groups in total. The fourth-order valence-corrected chi connectivity index (χ4v) is 4.85. The maximum absolute atomic E-state index is 6.10. The molecule has 1 unspecified atom stereocenters. The molecule has 1 aliphatic heterocycles. The second kappa shape index (κ2) is 8.89. The van der Waals surface area contributed by atoms with Gasteiger partial charge in [0.15, 0.2) is 0 Å². The molecule has 1 aromatic carbocycles. The molecule has 148 valence electrons. The Labute approximate surface area is 164 Å². The first-order chi connectivity index (χ1) is 13.3. The van der Waals surface area contributed by atoms with Crippen LogP contribution >= 0.6 is 0 Å². The Hall–Kier alpha value is -1.16. The van der Waals surface area contributed by atoms with E-state index < -0.39 is 5.79 Å². The van der Waals surface area contributed by atoms with Crippen molar-refractivity contribution in [1.29, 1.82) is 0 Å². The van der Waals surface area contributed by atoms with Crippen LogP contribution in [0.2, 0.25) is 0 Å². The first-order valence-electron chi connectivity index (χ1n) is 11.0. The van der Waals surface area contributed by atoms with Crippen molar-refractivity contribution in [2.75, 3.05) is 6.61 Å². The number of rotatable bonds is 3. The third-order valence-corrected chi connectivity index (χ3v) is 6.68. The van der Waals surface area contributed by atoms with E-state index in [1.54, 1.807) is 0 Å². The molecule has 4 rings (SSSR count). The average molecular weight is 371 g/mol.